The Bertz CT molecular complexity index is 933. The second-order valence-electron chi connectivity index (χ2n) is 5.30. The Morgan fingerprint density at radius 1 is 1.20 bits per heavy atom. The minimum absolute atomic E-state index is 0.0666. The number of amides is 1. The number of hydrogen-bond acceptors (Lipinski definition) is 4. The molecule has 6 nitrogen and oxygen atoms in total. The van der Waals surface area contributed by atoms with Gasteiger partial charge in [-0.1, -0.05) is 29.3 Å². The summed E-state index contributed by atoms with van der Waals surface area (Å²) in [7, 11) is 0. The van der Waals surface area contributed by atoms with Gasteiger partial charge < -0.3 is 5.32 Å². The van der Waals surface area contributed by atoms with Gasteiger partial charge in [0.25, 0.3) is 0 Å². The predicted octanol–water partition coefficient (Wildman–Crippen LogP) is 2.94. The molecule has 1 heterocycles. The van der Waals surface area contributed by atoms with Gasteiger partial charge in [0.15, 0.2) is 0 Å². The van der Waals surface area contributed by atoms with Gasteiger partial charge in [0, 0.05) is 22.8 Å². The Hall–Kier alpha value is -2.51. The molecule has 25 heavy (non-hydrogen) atoms. The monoisotopic (exact) mass is 376 g/mol. The minimum Gasteiger partial charge on any atom is -0.325 e. The zero-order valence-electron chi connectivity index (χ0n) is 13.3. The fourth-order valence-electron chi connectivity index (χ4n) is 2.11. The number of benzene rings is 2. The highest BCUT2D eigenvalue weighted by Crippen LogP contribution is 2.15. The van der Waals surface area contributed by atoms with Crippen LogP contribution in [0, 0.1) is 6.92 Å². The maximum absolute atomic E-state index is 12.1. The zero-order valence-corrected chi connectivity index (χ0v) is 14.9. The van der Waals surface area contributed by atoms with Gasteiger partial charge in [0.05, 0.1) is 5.75 Å². The molecule has 0 fully saturated rings. The summed E-state index contributed by atoms with van der Waals surface area (Å²) in [6, 6.07) is 14.4. The lowest BCUT2D eigenvalue weighted by atomic mass is 10.2. The molecule has 0 radical (unpaired) electrons. The van der Waals surface area contributed by atoms with Gasteiger partial charge >= 0.3 is 10.7 Å². The highest BCUT2D eigenvalue weighted by Gasteiger charge is 2.24. The van der Waals surface area contributed by atoms with Crippen molar-refractivity contribution in [1.29, 1.82) is 0 Å². The average Bonchev–Trinajstić information content (AvgIpc) is 2.96. The van der Waals surface area contributed by atoms with Crippen LogP contribution in [-0.2, 0) is 4.79 Å². The summed E-state index contributed by atoms with van der Waals surface area (Å²) in [5.41, 5.74) is 1.97. The second kappa shape index (κ2) is 7.58. The van der Waals surface area contributed by atoms with Crippen LogP contribution in [0.2, 0.25) is 5.02 Å². The van der Waals surface area contributed by atoms with E-state index >= 15 is 0 Å². The van der Waals surface area contributed by atoms with E-state index in [2.05, 4.69) is 10.6 Å². The van der Waals surface area contributed by atoms with Gasteiger partial charge in [-0.3, -0.25) is 9.32 Å². The van der Waals surface area contributed by atoms with Crippen molar-refractivity contribution in [3.05, 3.63) is 69.5 Å². The van der Waals surface area contributed by atoms with E-state index in [1.54, 1.807) is 24.3 Å². The van der Waals surface area contributed by atoms with Gasteiger partial charge in [0.2, 0.25) is 11.6 Å². The van der Waals surface area contributed by atoms with Gasteiger partial charge in [-0.05, 0) is 52.9 Å². The molecule has 1 amide bonds. The van der Waals surface area contributed by atoms with Gasteiger partial charge in [-0.15, -0.1) is 0 Å². The number of nitrogens with zero attached hydrogens (tertiary/aromatic N) is 1. The van der Waals surface area contributed by atoms with Crippen molar-refractivity contribution in [2.24, 2.45) is 0 Å². The SMILES string of the molecule is Cc1ccc(-[n+]2[nH]oc(=O)c2SCC(=O)Nc2ccc(Cl)cc2)cc1. The van der Waals surface area contributed by atoms with E-state index in [1.807, 2.05) is 31.2 Å². The molecule has 0 aliphatic heterocycles. The lowest BCUT2D eigenvalue weighted by Crippen LogP contribution is -2.36. The number of rotatable bonds is 5. The Morgan fingerprint density at radius 3 is 2.56 bits per heavy atom. The third-order valence-electron chi connectivity index (χ3n) is 3.37. The van der Waals surface area contributed by atoms with Crippen molar-refractivity contribution in [2.75, 3.05) is 11.1 Å². The molecule has 8 heteroatoms. The number of thioether (sulfide) groups is 1. The third kappa shape index (κ3) is 4.32. The molecule has 0 spiro atoms. The standard InChI is InChI=1S/C17H14ClN3O3S/c1-11-2-8-14(9-3-11)21-16(17(23)24-20-21)25-10-15(22)19-13-6-4-12(18)5-7-13/h2-9H,10H2,1H3,(H-,19,20,22,23)/p+1. The van der Waals surface area contributed by atoms with E-state index in [0.717, 1.165) is 23.0 Å². The smallest absolute Gasteiger partial charge is 0.325 e. The first kappa shape index (κ1) is 17.3. The summed E-state index contributed by atoms with van der Waals surface area (Å²) >= 11 is 6.91. The largest absolute Gasteiger partial charge is 0.442 e. The van der Waals surface area contributed by atoms with E-state index in [-0.39, 0.29) is 11.7 Å². The summed E-state index contributed by atoms with van der Waals surface area (Å²) in [6.45, 7) is 1.98. The molecule has 2 N–H and O–H groups in total. The summed E-state index contributed by atoms with van der Waals surface area (Å²) in [5.74, 6) is -0.166. The van der Waals surface area contributed by atoms with E-state index in [4.69, 9.17) is 16.1 Å². The number of aryl methyl sites for hydroxylation is 1. The third-order valence-corrected chi connectivity index (χ3v) is 4.65. The Labute approximate surface area is 152 Å². The molecule has 128 valence electrons. The minimum atomic E-state index is -0.523. The highest BCUT2D eigenvalue weighted by molar-refractivity contribution is 7.99. The molecule has 1 aromatic heterocycles. The Kier molecular flexibility index (Phi) is 5.25. The highest BCUT2D eigenvalue weighted by atomic mass is 35.5. The van der Waals surface area contributed by atoms with E-state index in [1.165, 1.54) is 4.68 Å². The van der Waals surface area contributed by atoms with E-state index < -0.39 is 5.63 Å². The summed E-state index contributed by atoms with van der Waals surface area (Å²) < 4.78 is 6.38. The average molecular weight is 377 g/mol. The van der Waals surface area contributed by atoms with Crippen LogP contribution < -0.4 is 15.6 Å². The number of hydrogen-bond donors (Lipinski definition) is 2. The van der Waals surface area contributed by atoms with Crippen LogP contribution in [0.5, 0.6) is 0 Å². The molecule has 3 rings (SSSR count). The fourth-order valence-corrected chi connectivity index (χ4v) is 3.01. The first-order valence-corrected chi connectivity index (χ1v) is 8.78. The maximum atomic E-state index is 12.1. The zero-order chi connectivity index (χ0) is 17.8. The summed E-state index contributed by atoms with van der Waals surface area (Å²) in [4.78, 5) is 24.0. The van der Waals surface area contributed by atoms with Crippen molar-refractivity contribution in [3.8, 4) is 5.69 Å². The number of carbonyl (C=O) groups is 1. The first-order chi connectivity index (χ1) is 12.0. The van der Waals surface area contributed by atoms with Crippen LogP contribution in [0.25, 0.3) is 5.69 Å². The van der Waals surface area contributed by atoms with E-state index in [9.17, 15) is 9.59 Å². The lowest BCUT2D eigenvalue weighted by Gasteiger charge is -2.03. The van der Waals surface area contributed by atoms with Crippen LogP contribution in [0.15, 0.2) is 62.9 Å². The number of aromatic nitrogens is 2. The number of halogens is 1. The lowest BCUT2D eigenvalue weighted by molar-refractivity contribution is -0.704. The first-order valence-electron chi connectivity index (χ1n) is 7.42. The number of carbonyl (C=O) groups excluding carboxylic acids is 1. The van der Waals surface area contributed by atoms with Crippen LogP contribution in [-0.4, -0.2) is 16.9 Å². The second-order valence-corrected chi connectivity index (χ2v) is 6.70. The number of anilines is 1. The molecule has 0 aliphatic rings. The topological polar surface area (TPSA) is 79.0 Å². The van der Waals surface area contributed by atoms with Gasteiger partial charge in [-0.2, -0.15) is 0 Å². The number of nitrogens with one attached hydrogen (secondary N) is 2. The molecule has 0 saturated heterocycles. The molecule has 0 saturated carbocycles. The predicted molar refractivity (Wildman–Crippen MR) is 96.4 cm³/mol. The summed E-state index contributed by atoms with van der Waals surface area (Å²) in [5, 5.41) is 6.19. The number of aromatic amines is 1. The molecular formula is C17H15ClN3O3S+. The van der Waals surface area contributed by atoms with Crippen LogP contribution in [0.1, 0.15) is 5.56 Å². The fraction of sp³-hybridized carbons (Fsp3) is 0.118. The molecule has 0 bridgehead atoms. The Balaban J connectivity index is 1.70. The molecular weight excluding hydrogens is 362 g/mol. The molecule has 0 aliphatic carbocycles. The van der Waals surface area contributed by atoms with Gasteiger partial charge in [0.1, 0.15) is 0 Å². The van der Waals surface area contributed by atoms with Crippen LogP contribution in [0.3, 0.4) is 0 Å². The molecule has 0 atom stereocenters. The van der Waals surface area contributed by atoms with Crippen molar-refractivity contribution in [2.45, 2.75) is 11.9 Å². The number of H-pyrrole nitrogens is 1. The quantitative estimate of drug-likeness (QED) is 0.530. The van der Waals surface area contributed by atoms with Crippen molar-refractivity contribution in [1.82, 2.24) is 5.27 Å². The van der Waals surface area contributed by atoms with Crippen molar-refractivity contribution >= 4 is 35.0 Å². The molecule has 2 aromatic carbocycles. The normalized spacial score (nSPS) is 10.6. The molecule has 0 unspecified atom stereocenters. The van der Waals surface area contributed by atoms with Crippen LogP contribution in [0.4, 0.5) is 5.69 Å². The molecule has 3 aromatic rings. The van der Waals surface area contributed by atoms with Crippen LogP contribution >= 0.6 is 23.4 Å². The van der Waals surface area contributed by atoms with Gasteiger partial charge in [-0.25, -0.2) is 4.79 Å². The van der Waals surface area contributed by atoms with E-state index in [0.29, 0.717) is 15.7 Å². The summed E-state index contributed by atoms with van der Waals surface area (Å²) in [6.07, 6.45) is 0. The van der Waals surface area contributed by atoms with Crippen molar-refractivity contribution in [3.63, 3.8) is 0 Å². The van der Waals surface area contributed by atoms with Crippen molar-refractivity contribution < 1.29 is 14.0 Å². The maximum Gasteiger partial charge on any atom is 0.442 e. The Morgan fingerprint density at radius 2 is 1.88 bits per heavy atom.